The van der Waals surface area contributed by atoms with Crippen LogP contribution in [0.3, 0.4) is 0 Å². The molecule has 0 aromatic heterocycles. The SMILES string of the molecule is Cc1ccc(S(=O)(=O)N2C[C@H](Br)[C@@H]2c2ccccc2)cc1. The summed E-state index contributed by atoms with van der Waals surface area (Å²) in [6, 6.07) is 16.6. The predicted octanol–water partition coefficient (Wildman–Crippen LogP) is 3.50. The van der Waals surface area contributed by atoms with Crippen molar-refractivity contribution in [3.8, 4) is 0 Å². The van der Waals surface area contributed by atoms with E-state index < -0.39 is 10.0 Å². The molecule has 0 bridgehead atoms. The second kappa shape index (κ2) is 5.55. The number of hydrogen-bond donors (Lipinski definition) is 0. The van der Waals surface area contributed by atoms with Gasteiger partial charge in [-0.1, -0.05) is 64.0 Å². The van der Waals surface area contributed by atoms with Crippen molar-refractivity contribution in [2.45, 2.75) is 22.7 Å². The molecule has 2 aromatic rings. The molecule has 3 nitrogen and oxygen atoms in total. The van der Waals surface area contributed by atoms with Crippen LogP contribution in [0.5, 0.6) is 0 Å². The molecule has 1 fully saturated rings. The van der Waals surface area contributed by atoms with Crippen LogP contribution in [0.2, 0.25) is 0 Å². The first kappa shape index (κ1) is 14.8. The Morgan fingerprint density at radius 3 is 2.24 bits per heavy atom. The third-order valence-electron chi connectivity index (χ3n) is 3.78. The van der Waals surface area contributed by atoms with Crippen LogP contribution in [-0.4, -0.2) is 24.1 Å². The van der Waals surface area contributed by atoms with Crippen molar-refractivity contribution in [1.29, 1.82) is 0 Å². The van der Waals surface area contributed by atoms with E-state index in [0.29, 0.717) is 11.4 Å². The summed E-state index contributed by atoms with van der Waals surface area (Å²) in [5, 5.41) is 0. The molecule has 0 amide bonds. The highest BCUT2D eigenvalue weighted by molar-refractivity contribution is 9.09. The van der Waals surface area contributed by atoms with Gasteiger partial charge in [0.2, 0.25) is 10.0 Å². The van der Waals surface area contributed by atoms with E-state index in [2.05, 4.69) is 15.9 Å². The lowest BCUT2D eigenvalue weighted by Crippen LogP contribution is -2.53. The minimum atomic E-state index is -3.45. The molecule has 2 atom stereocenters. The Kier molecular flexibility index (Phi) is 3.90. The number of sulfonamides is 1. The summed E-state index contributed by atoms with van der Waals surface area (Å²) < 4.78 is 27.1. The molecule has 1 aliphatic heterocycles. The standard InChI is InChI=1S/C16H16BrNO2S/c1-12-7-9-14(10-8-12)21(19,20)18-11-15(17)16(18)13-5-3-2-4-6-13/h2-10,15-16H,11H2,1H3/t15-,16-/m0/s1. The molecule has 0 spiro atoms. The van der Waals surface area contributed by atoms with Gasteiger partial charge in [0.1, 0.15) is 0 Å². The van der Waals surface area contributed by atoms with Gasteiger partial charge in [0.05, 0.1) is 10.9 Å². The van der Waals surface area contributed by atoms with Crippen molar-refractivity contribution in [2.75, 3.05) is 6.54 Å². The maximum atomic E-state index is 12.8. The fourth-order valence-electron chi connectivity index (χ4n) is 2.55. The number of alkyl halides is 1. The summed E-state index contributed by atoms with van der Waals surface area (Å²) in [6.07, 6.45) is 0. The molecule has 0 unspecified atom stereocenters. The zero-order chi connectivity index (χ0) is 15.0. The highest BCUT2D eigenvalue weighted by Gasteiger charge is 2.45. The van der Waals surface area contributed by atoms with Crippen LogP contribution in [0.4, 0.5) is 0 Å². The summed E-state index contributed by atoms with van der Waals surface area (Å²) >= 11 is 3.57. The summed E-state index contributed by atoms with van der Waals surface area (Å²) in [5.41, 5.74) is 2.07. The number of aryl methyl sites for hydroxylation is 1. The number of benzene rings is 2. The maximum absolute atomic E-state index is 12.8. The predicted molar refractivity (Wildman–Crippen MR) is 87.0 cm³/mol. The quantitative estimate of drug-likeness (QED) is 0.780. The van der Waals surface area contributed by atoms with Gasteiger partial charge in [0.25, 0.3) is 0 Å². The second-order valence-electron chi connectivity index (χ2n) is 5.26. The average molecular weight is 366 g/mol. The Labute approximate surface area is 133 Å². The molecule has 0 N–H and O–H groups in total. The van der Waals surface area contributed by atoms with Gasteiger partial charge in [0.15, 0.2) is 0 Å². The van der Waals surface area contributed by atoms with E-state index in [4.69, 9.17) is 0 Å². The third kappa shape index (κ3) is 2.65. The monoisotopic (exact) mass is 365 g/mol. The van der Waals surface area contributed by atoms with Gasteiger partial charge >= 0.3 is 0 Å². The molecule has 0 radical (unpaired) electrons. The first-order valence-corrected chi connectivity index (χ1v) is 9.13. The highest BCUT2D eigenvalue weighted by Crippen LogP contribution is 2.42. The summed E-state index contributed by atoms with van der Waals surface area (Å²) in [6.45, 7) is 2.44. The van der Waals surface area contributed by atoms with Crippen LogP contribution in [0, 0.1) is 6.92 Å². The molecule has 1 saturated heterocycles. The number of hydrogen-bond acceptors (Lipinski definition) is 2. The Morgan fingerprint density at radius 2 is 1.67 bits per heavy atom. The van der Waals surface area contributed by atoms with Gasteiger partial charge in [-0.2, -0.15) is 4.31 Å². The molecule has 3 rings (SSSR count). The molecule has 0 saturated carbocycles. The van der Waals surface area contributed by atoms with Crippen molar-refractivity contribution < 1.29 is 8.42 Å². The Hall–Kier alpha value is -1.17. The van der Waals surface area contributed by atoms with Crippen molar-refractivity contribution in [3.63, 3.8) is 0 Å². The van der Waals surface area contributed by atoms with E-state index >= 15 is 0 Å². The molecular formula is C16H16BrNO2S. The zero-order valence-corrected chi connectivity index (χ0v) is 14.0. The fraction of sp³-hybridized carbons (Fsp3) is 0.250. The lowest BCUT2D eigenvalue weighted by atomic mass is 9.98. The molecular weight excluding hydrogens is 350 g/mol. The molecule has 110 valence electrons. The van der Waals surface area contributed by atoms with Crippen LogP contribution in [-0.2, 0) is 10.0 Å². The topological polar surface area (TPSA) is 37.4 Å². The van der Waals surface area contributed by atoms with Crippen molar-refractivity contribution in [3.05, 3.63) is 65.7 Å². The van der Waals surface area contributed by atoms with E-state index in [1.165, 1.54) is 0 Å². The number of halogens is 1. The summed E-state index contributed by atoms with van der Waals surface area (Å²) in [5.74, 6) is 0. The highest BCUT2D eigenvalue weighted by atomic mass is 79.9. The minimum Gasteiger partial charge on any atom is -0.207 e. The molecule has 21 heavy (non-hydrogen) atoms. The van der Waals surface area contributed by atoms with Crippen LogP contribution >= 0.6 is 15.9 Å². The van der Waals surface area contributed by atoms with Gasteiger partial charge in [-0.25, -0.2) is 8.42 Å². The first-order chi connectivity index (χ1) is 10.00. The third-order valence-corrected chi connectivity index (χ3v) is 6.43. The smallest absolute Gasteiger partial charge is 0.207 e. The molecule has 1 heterocycles. The van der Waals surface area contributed by atoms with Gasteiger partial charge in [-0.05, 0) is 24.6 Å². The van der Waals surface area contributed by atoms with E-state index in [9.17, 15) is 8.42 Å². The van der Waals surface area contributed by atoms with Crippen molar-refractivity contribution in [1.82, 2.24) is 4.31 Å². The van der Waals surface area contributed by atoms with Gasteiger partial charge in [0, 0.05) is 11.4 Å². The van der Waals surface area contributed by atoms with E-state index in [-0.39, 0.29) is 10.9 Å². The Morgan fingerprint density at radius 1 is 1.05 bits per heavy atom. The van der Waals surface area contributed by atoms with E-state index in [0.717, 1.165) is 11.1 Å². The van der Waals surface area contributed by atoms with Crippen LogP contribution in [0.1, 0.15) is 17.2 Å². The van der Waals surface area contributed by atoms with Crippen molar-refractivity contribution >= 4 is 26.0 Å². The Balaban J connectivity index is 1.94. The average Bonchev–Trinajstić information content (AvgIpc) is 2.46. The largest absolute Gasteiger partial charge is 0.243 e. The Bertz CT molecular complexity index is 729. The lowest BCUT2D eigenvalue weighted by Gasteiger charge is -2.44. The molecule has 5 heteroatoms. The number of nitrogens with zero attached hydrogens (tertiary/aromatic N) is 1. The van der Waals surface area contributed by atoms with E-state index in [1.807, 2.05) is 49.4 Å². The van der Waals surface area contributed by atoms with Crippen LogP contribution in [0.15, 0.2) is 59.5 Å². The van der Waals surface area contributed by atoms with Gasteiger partial charge in [-0.3, -0.25) is 0 Å². The minimum absolute atomic E-state index is 0.141. The van der Waals surface area contributed by atoms with Crippen LogP contribution < -0.4 is 0 Å². The second-order valence-corrected chi connectivity index (χ2v) is 8.33. The molecule has 0 aliphatic carbocycles. The number of rotatable bonds is 3. The zero-order valence-electron chi connectivity index (χ0n) is 11.6. The summed E-state index contributed by atoms with van der Waals surface area (Å²) in [4.78, 5) is 0.508. The van der Waals surface area contributed by atoms with Crippen LogP contribution in [0.25, 0.3) is 0 Å². The molecule has 2 aromatic carbocycles. The maximum Gasteiger partial charge on any atom is 0.243 e. The van der Waals surface area contributed by atoms with E-state index in [1.54, 1.807) is 16.4 Å². The fourth-order valence-corrected chi connectivity index (χ4v) is 5.47. The molecule has 1 aliphatic rings. The van der Waals surface area contributed by atoms with Gasteiger partial charge < -0.3 is 0 Å². The van der Waals surface area contributed by atoms with Crippen molar-refractivity contribution in [2.24, 2.45) is 0 Å². The summed E-state index contributed by atoms with van der Waals surface area (Å²) in [7, 11) is -3.45. The first-order valence-electron chi connectivity index (χ1n) is 6.77. The lowest BCUT2D eigenvalue weighted by molar-refractivity contribution is 0.218. The normalized spacial score (nSPS) is 22.8. The van der Waals surface area contributed by atoms with Gasteiger partial charge in [-0.15, -0.1) is 0 Å².